The molecule has 1 aliphatic carbocycles. The van der Waals surface area contributed by atoms with E-state index in [1.807, 2.05) is 0 Å². The second-order valence-corrected chi connectivity index (χ2v) is 5.87. The van der Waals surface area contributed by atoms with Gasteiger partial charge < -0.3 is 11.1 Å². The van der Waals surface area contributed by atoms with Crippen molar-refractivity contribution in [1.82, 2.24) is 24.9 Å². The molecule has 1 fully saturated rings. The van der Waals surface area contributed by atoms with Gasteiger partial charge in [-0.3, -0.25) is 4.79 Å². The summed E-state index contributed by atoms with van der Waals surface area (Å²) in [5.74, 6) is 0.624. The molecule has 1 amide bonds. The van der Waals surface area contributed by atoms with Crippen molar-refractivity contribution in [2.45, 2.75) is 25.3 Å². The lowest BCUT2D eigenvalue weighted by molar-refractivity contribution is 0.0918. The van der Waals surface area contributed by atoms with E-state index in [1.165, 1.54) is 4.52 Å². The van der Waals surface area contributed by atoms with Crippen LogP contribution in [0.1, 0.15) is 29.9 Å². The third kappa shape index (κ3) is 3.33. The molecule has 0 spiro atoms. The molecule has 21 heavy (non-hydrogen) atoms. The summed E-state index contributed by atoms with van der Waals surface area (Å²) >= 11 is 3.30. The van der Waals surface area contributed by atoms with E-state index in [1.54, 1.807) is 12.4 Å². The van der Waals surface area contributed by atoms with Gasteiger partial charge in [0.15, 0.2) is 0 Å². The quantitative estimate of drug-likeness (QED) is 0.839. The molecule has 3 N–H and O–H groups in total. The highest BCUT2D eigenvalue weighted by atomic mass is 79.9. The number of amides is 1. The number of carbonyl (C=O) groups is 1. The number of halogens is 2. The van der Waals surface area contributed by atoms with Gasteiger partial charge in [-0.05, 0) is 41.2 Å². The minimum absolute atomic E-state index is 0. The summed E-state index contributed by atoms with van der Waals surface area (Å²) in [5.41, 5.74) is 5.71. The largest absolute Gasteiger partial charge is 0.346 e. The Hall–Kier alpha value is -1.25. The molecule has 9 heteroatoms. The van der Waals surface area contributed by atoms with Gasteiger partial charge in [0, 0.05) is 18.4 Å². The Kier molecular flexibility index (Phi) is 5.13. The van der Waals surface area contributed by atoms with Crippen LogP contribution in [-0.2, 0) is 0 Å². The fraction of sp³-hybridized carbons (Fsp3) is 0.500. The van der Waals surface area contributed by atoms with Crippen molar-refractivity contribution >= 4 is 40.0 Å². The van der Waals surface area contributed by atoms with Gasteiger partial charge in [0.25, 0.3) is 11.7 Å². The maximum Gasteiger partial charge on any atom is 0.291 e. The average molecular weight is 376 g/mol. The molecule has 0 radical (unpaired) electrons. The van der Waals surface area contributed by atoms with Crippen LogP contribution >= 0.6 is 28.3 Å². The van der Waals surface area contributed by atoms with Crippen molar-refractivity contribution in [3.63, 3.8) is 0 Å². The predicted molar refractivity (Wildman–Crippen MR) is 83.4 cm³/mol. The zero-order valence-electron chi connectivity index (χ0n) is 11.2. The molecule has 1 saturated carbocycles. The molecular formula is C12H16BrClN6O. The number of nitrogens with one attached hydrogen (secondary N) is 1. The highest BCUT2D eigenvalue weighted by molar-refractivity contribution is 9.10. The molecule has 0 bridgehead atoms. The van der Waals surface area contributed by atoms with E-state index in [9.17, 15) is 4.79 Å². The highest BCUT2D eigenvalue weighted by Crippen LogP contribution is 2.24. The number of rotatable bonds is 3. The lowest BCUT2D eigenvalue weighted by Crippen LogP contribution is -2.40. The first kappa shape index (κ1) is 16.1. The van der Waals surface area contributed by atoms with Crippen molar-refractivity contribution in [3.05, 3.63) is 22.7 Å². The van der Waals surface area contributed by atoms with Gasteiger partial charge >= 0.3 is 0 Å². The van der Waals surface area contributed by atoms with Crippen LogP contribution in [-0.4, -0.2) is 38.1 Å². The molecular weight excluding hydrogens is 360 g/mol. The molecule has 2 atom stereocenters. The van der Waals surface area contributed by atoms with Crippen LogP contribution in [0.3, 0.4) is 0 Å². The zero-order valence-corrected chi connectivity index (χ0v) is 13.6. The summed E-state index contributed by atoms with van der Waals surface area (Å²) in [6.45, 7) is 0.595. The Morgan fingerprint density at radius 3 is 3.10 bits per heavy atom. The van der Waals surface area contributed by atoms with E-state index >= 15 is 0 Å². The lowest BCUT2D eigenvalue weighted by atomic mass is 10.0. The van der Waals surface area contributed by atoms with Crippen LogP contribution in [0, 0.1) is 5.92 Å². The molecule has 0 aromatic carbocycles. The minimum atomic E-state index is -0.267. The number of hydrogen-bond acceptors (Lipinski definition) is 5. The average Bonchev–Trinajstić information content (AvgIpc) is 3.04. The van der Waals surface area contributed by atoms with E-state index in [4.69, 9.17) is 5.73 Å². The molecule has 114 valence electrons. The van der Waals surface area contributed by atoms with Gasteiger partial charge in [-0.1, -0.05) is 6.42 Å². The maximum atomic E-state index is 12.2. The fourth-order valence-electron chi connectivity index (χ4n) is 2.60. The molecule has 2 aromatic heterocycles. The molecule has 1 aliphatic rings. The predicted octanol–water partition coefficient (Wildman–Crippen LogP) is 1.17. The summed E-state index contributed by atoms with van der Waals surface area (Å²) < 4.78 is 2.26. The van der Waals surface area contributed by atoms with E-state index < -0.39 is 0 Å². The number of fused-ring (bicyclic) bond motifs is 1. The van der Waals surface area contributed by atoms with Gasteiger partial charge in [0.1, 0.15) is 0 Å². The summed E-state index contributed by atoms with van der Waals surface area (Å²) in [7, 11) is 0. The summed E-state index contributed by atoms with van der Waals surface area (Å²) in [6, 6.07) is 0.124. The lowest BCUT2D eigenvalue weighted by Gasteiger charge is -2.18. The Morgan fingerprint density at radius 2 is 2.33 bits per heavy atom. The monoisotopic (exact) mass is 374 g/mol. The van der Waals surface area contributed by atoms with Gasteiger partial charge in [0.05, 0.1) is 4.47 Å². The number of nitrogens with two attached hydrogens (primary N) is 1. The zero-order chi connectivity index (χ0) is 14.1. The first-order valence-corrected chi connectivity index (χ1v) is 7.35. The Bertz CT molecular complexity index is 648. The molecule has 2 unspecified atom stereocenters. The molecule has 2 aromatic rings. The number of hydrogen-bond donors (Lipinski definition) is 2. The van der Waals surface area contributed by atoms with Gasteiger partial charge in [0.2, 0.25) is 5.82 Å². The molecule has 2 heterocycles. The van der Waals surface area contributed by atoms with Crippen LogP contribution in [0.2, 0.25) is 0 Å². The summed E-state index contributed by atoms with van der Waals surface area (Å²) in [4.78, 5) is 20.4. The first-order valence-electron chi connectivity index (χ1n) is 6.56. The minimum Gasteiger partial charge on any atom is -0.346 e. The fourth-order valence-corrected chi connectivity index (χ4v) is 2.89. The van der Waals surface area contributed by atoms with Crippen LogP contribution < -0.4 is 11.1 Å². The Morgan fingerprint density at radius 1 is 1.52 bits per heavy atom. The van der Waals surface area contributed by atoms with Gasteiger partial charge in [-0.25, -0.2) is 9.50 Å². The third-order valence-corrected chi connectivity index (χ3v) is 4.05. The molecule has 0 aliphatic heterocycles. The standard InChI is InChI=1S/C12H15BrN6O.ClH/c13-8-5-15-12-17-10(18-19(12)6-8)11(20)16-9-3-1-2-7(9)4-14;/h5-7,9H,1-4,14H2,(H,16,20);1H. The van der Waals surface area contributed by atoms with Crippen molar-refractivity contribution in [2.75, 3.05) is 6.54 Å². The van der Waals surface area contributed by atoms with Crippen LogP contribution in [0.5, 0.6) is 0 Å². The van der Waals surface area contributed by atoms with E-state index in [0.717, 1.165) is 23.7 Å². The van der Waals surface area contributed by atoms with Gasteiger partial charge in [-0.15, -0.1) is 17.5 Å². The smallest absolute Gasteiger partial charge is 0.291 e. The van der Waals surface area contributed by atoms with Gasteiger partial charge in [-0.2, -0.15) is 4.98 Å². The first-order chi connectivity index (χ1) is 9.67. The Labute approximate surface area is 136 Å². The van der Waals surface area contributed by atoms with Crippen molar-refractivity contribution in [2.24, 2.45) is 11.7 Å². The Balaban J connectivity index is 0.00000161. The highest BCUT2D eigenvalue weighted by Gasteiger charge is 2.28. The maximum absolute atomic E-state index is 12.2. The number of aromatic nitrogens is 4. The van der Waals surface area contributed by atoms with E-state index in [-0.39, 0.29) is 30.2 Å². The van der Waals surface area contributed by atoms with E-state index in [2.05, 4.69) is 36.3 Å². The second kappa shape index (κ2) is 6.67. The number of carbonyl (C=O) groups excluding carboxylic acids is 1. The van der Waals surface area contributed by atoms with E-state index in [0.29, 0.717) is 18.2 Å². The molecule has 0 saturated heterocycles. The van der Waals surface area contributed by atoms with Crippen LogP contribution in [0.25, 0.3) is 5.78 Å². The third-order valence-electron chi connectivity index (χ3n) is 3.64. The van der Waals surface area contributed by atoms with Crippen molar-refractivity contribution in [1.29, 1.82) is 0 Å². The van der Waals surface area contributed by atoms with Crippen molar-refractivity contribution in [3.8, 4) is 0 Å². The molecule has 7 nitrogen and oxygen atoms in total. The van der Waals surface area contributed by atoms with Crippen molar-refractivity contribution < 1.29 is 4.79 Å². The summed E-state index contributed by atoms with van der Waals surface area (Å²) in [6.07, 6.45) is 6.46. The SMILES string of the molecule is Cl.NCC1CCCC1NC(=O)c1nc2ncc(Br)cn2n1. The number of nitrogens with zero attached hydrogens (tertiary/aromatic N) is 4. The second-order valence-electron chi connectivity index (χ2n) is 4.96. The normalized spacial score (nSPS) is 21.2. The van der Waals surface area contributed by atoms with Crippen LogP contribution in [0.15, 0.2) is 16.9 Å². The summed E-state index contributed by atoms with van der Waals surface area (Å²) in [5, 5.41) is 7.11. The topological polar surface area (TPSA) is 98.2 Å². The van der Waals surface area contributed by atoms with Crippen LogP contribution in [0.4, 0.5) is 0 Å². The molecule has 3 rings (SSSR count).